The van der Waals surface area contributed by atoms with Gasteiger partial charge in [-0.25, -0.2) is 13.4 Å². The van der Waals surface area contributed by atoms with Crippen LogP contribution in [0.25, 0.3) is 11.7 Å². The van der Waals surface area contributed by atoms with Crippen LogP contribution in [0.15, 0.2) is 28.0 Å². The van der Waals surface area contributed by atoms with Crippen molar-refractivity contribution in [2.45, 2.75) is 19.4 Å². The number of hydrogen-bond acceptors (Lipinski definition) is 10. The molecule has 0 aromatic carbocycles. The van der Waals surface area contributed by atoms with Crippen LogP contribution >= 0.6 is 24.0 Å². The lowest BCUT2D eigenvalue weighted by Crippen LogP contribution is -2.39. The number of sulfone groups is 1. The molecule has 34 heavy (non-hydrogen) atoms. The molecule has 0 bridgehead atoms. The number of nitrogens with zero attached hydrogens (tertiary/aromatic N) is 3. The smallest absolute Gasteiger partial charge is 0.267 e. The number of amides is 1. The van der Waals surface area contributed by atoms with Crippen LogP contribution in [-0.2, 0) is 19.4 Å². The van der Waals surface area contributed by atoms with E-state index in [1.165, 1.54) is 15.4 Å². The van der Waals surface area contributed by atoms with Crippen molar-refractivity contribution in [1.29, 1.82) is 0 Å². The van der Waals surface area contributed by atoms with Gasteiger partial charge in [0.1, 0.15) is 15.8 Å². The number of carbonyl (C=O) groups is 1. The predicted octanol–water partition coefficient (Wildman–Crippen LogP) is 0.812. The summed E-state index contributed by atoms with van der Waals surface area (Å²) < 4.78 is 30.8. The van der Waals surface area contributed by atoms with E-state index in [1.807, 2.05) is 13.0 Å². The summed E-state index contributed by atoms with van der Waals surface area (Å²) in [7, 11) is -3.20. The van der Waals surface area contributed by atoms with E-state index in [2.05, 4.69) is 10.3 Å². The monoisotopic (exact) mass is 524 g/mol. The van der Waals surface area contributed by atoms with Crippen LogP contribution in [0.5, 0.6) is 0 Å². The molecule has 2 aliphatic rings. The van der Waals surface area contributed by atoms with Gasteiger partial charge in [0.05, 0.1) is 47.8 Å². The number of ether oxygens (including phenoxy) is 1. The molecule has 182 valence electrons. The molecule has 4 rings (SSSR count). The average Bonchev–Trinajstić information content (AvgIpc) is 3.28. The number of anilines is 1. The third-order valence-corrected chi connectivity index (χ3v) is 8.53. The third kappa shape index (κ3) is 5.18. The number of aliphatic hydroxyl groups excluding tert-OH is 1. The highest BCUT2D eigenvalue weighted by molar-refractivity contribution is 8.26. The second-order valence-corrected chi connectivity index (χ2v) is 11.9. The Labute approximate surface area is 205 Å². The lowest BCUT2D eigenvalue weighted by Gasteiger charge is -2.20. The number of hydrogen-bond donors (Lipinski definition) is 2. The van der Waals surface area contributed by atoms with Crippen LogP contribution in [-0.4, -0.2) is 81.9 Å². The molecule has 2 aromatic heterocycles. The molecule has 1 unspecified atom stereocenters. The summed E-state index contributed by atoms with van der Waals surface area (Å²) in [6.07, 6.45) is 3.47. The maximum Gasteiger partial charge on any atom is 0.267 e. The van der Waals surface area contributed by atoms with Crippen LogP contribution in [0.3, 0.4) is 0 Å². The summed E-state index contributed by atoms with van der Waals surface area (Å²) in [4.78, 5) is 32.7. The van der Waals surface area contributed by atoms with E-state index in [9.17, 15) is 18.0 Å². The highest BCUT2D eigenvalue weighted by Crippen LogP contribution is 2.36. The highest BCUT2D eigenvalue weighted by Gasteiger charge is 2.42. The minimum atomic E-state index is -3.20. The van der Waals surface area contributed by atoms with E-state index < -0.39 is 21.8 Å². The van der Waals surface area contributed by atoms with Gasteiger partial charge in [-0.3, -0.25) is 18.9 Å². The van der Waals surface area contributed by atoms with Crippen LogP contribution in [0.1, 0.15) is 17.5 Å². The van der Waals surface area contributed by atoms with Crippen molar-refractivity contribution < 1.29 is 23.1 Å². The number of pyridine rings is 1. The zero-order valence-electron chi connectivity index (χ0n) is 18.4. The molecule has 0 saturated carbocycles. The van der Waals surface area contributed by atoms with Gasteiger partial charge in [0.25, 0.3) is 11.5 Å². The number of thioether (sulfide) groups is 1. The minimum Gasteiger partial charge on any atom is -0.394 e. The number of fused-ring (bicyclic) bond motifs is 1. The first-order chi connectivity index (χ1) is 16.2. The van der Waals surface area contributed by atoms with Gasteiger partial charge in [0.15, 0.2) is 9.84 Å². The van der Waals surface area contributed by atoms with Gasteiger partial charge in [0.2, 0.25) is 0 Å². The van der Waals surface area contributed by atoms with Crippen LogP contribution < -0.4 is 10.9 Å². The number of nitrogens with one attached hydrogen (secondary N) is 1. The molecule has 2 aromatic rings. The summed E-state index contributed by atoms with van der Waals surface area (Å²) in [6.45, 7) is 2.58. The number of aromatic nitrogens is 2. The molecular formula is C21H24N4O6S3. The fourth-order valence-electron chi connectivity index (χ4n) is 3.84. The predicted molar refractivity (Wildman–Crippen MR) is 135 cm³/mol. The van der Waals surface area contributed by atoms with Crippen LogP contribution in [0.2, 0.25) is 0 Å². The number of aryl methyl sites for hydroxylation is 1. The molecule has 4 heterocycles. The van der Waals surface area contributed by atoms with E-state index in [1.54, 1.807) is 12.3 Å². The van der Waals surface area contributed by atoms with Gasteiger partial charge in [-0.05, 0) is 31.1 Å². The molecule has 2 saturated heterocycles. The Kier molecular flexibility index (Phi) is 7.38. The van der Waals surface area contributed by atoms with Crippen molar-refractivity contribution in [3.8, 4) is 0 Å². The van der Waals surface area contributed by atoms with Gasteiger partial charge in [-0.1, -0.05) is 30.0 Å². The van der Waals surface area contributed by atoms with Crippen molar-refractivity contribution >= 4 is 61.6 Å². The number of thiocarbonyl (C=S) groups is 1. The second-order valence-electron chi connectivity index (χ2n) is 7.99. The quantitative estimate of drug-likeness (QED) is 0.291. The van der Waals surface area contributed by atoms with E-state index in [4.69, 9.17) is 22.1 Å². The molecule has 10 nitrogen and oxygen atoms in total. The van der Waals surface area contributed by atoms with E-state index in [0.717, 1.165) is 17.3 Å². The fourth-order valence-corrected chi connectivity index (χ4v) is 6.92. The first-order valence-electron chi connectivity index (χ1n) is 10.6. The van der Waals surface area contributed by atoms with Crippen molar-refractivity contribution in [3.05, 3.63) is 44.7 Å². The Morgan fingerprint density at radius 2 is 2.15 bits per heavy atom. The summed E-state index contributed by atoms with van der Waals surface area (Å²) in [5.74, 6) is -0.222. The summed E-state index contributed by atoms with van der Waals surface area (Å²) in [5.41, 5.74) is 1.13. The van der Waals surface area contributed by atoms with Crippen LogP contribution in [0, 0.1) is 6.92 Å². The lowest BCUT2D eigenvalue weighted by atomic mass is 10.2. The van der Waals surface area contributed by atoms with Gasteiger partial charge in [0, 0.05) is 12.7 Å². The highest BCUT2D eigenvalue weighted by atomic mass is 32.2. The number of carbonyl (C=O) groups excluding carboxylic acids is 1. The van der Waals surface area contributed by atoms with Gasteiger partial charge < -0.3 is 15.2 Å². The SMILES string of the molecule is Cc1ccc2nc(NCCOCCO)c(/C=C3/SC(=S)N(C4CCS(=O)(=O)C4)C3=O)c(=O)n2c1. The topological polar surface area (TPSA) is 130 Å². The first kappa shape index (κ1) is 24.8. The standard InChI is InChI=1S/C21H24N4O6S3/c1-13-2-3-17-23-18(22-5-7-31-8-6-26)15(19(27)24(17)11-13)10-16-20(28)25(21(32)33-16)14-4-9-34(29,30)12-14/h2-3,10-11,14,22,26H,4-9,12H2,1H3/b16-10+. The zero-order valence-corrected chi connectivity index (χ0v) is 20.8. The number of aliphatic hydroxyl groups is 1. The van der Waals surface area contributed by atoms with Gasteiger partial charge in [-0.2, -0.15) is 0 Å². The number of rotatable bonds is 8. The minimum absolute atomic E-state index is 0.0233. The molecule has 2 fully saturated rings. The molecule has 1 amide bonds. The fraction of sp³-hybridized carbons (Fsp3) is 0.429. The Morgan fingerprint density at radius 3 is 2.85 bits per heavy atom. The maximum atomic E-state index is 13.4. The summed E-state index contributed by atoms with van der Waals surface area (Å²) in [5, 5.41) is 11.9. The van der Waals surface area contributed by atoms with Crippen LogP contribution in [0.4, 0.5) is 5.82 Å². The normalized spacial score (nSPS) is 21.2. The molecule has 0 aliphatic carbocycles. The first-order valence-corrected chi connectivity index (χ1v) is 13.7. The third-order valence-electron chi connectivity index (χ3n) is 5.45. The van der Waals surface area contributed by atoms with Gasteiger partial charge in [-0.15, -0.1) is 0 Å². The summed E-state index contributed by atoms with van der Waals surface area (Å²) in [6, 6.07) is 3.08. The van der Waals surface area contributed by atoms with E-state index in [0.29, 0.717) is 18.6 Å². The van der Waals surface area contributed by atoms with Crippen molar-refractivity contribution in [2.75, 3.05) is 43.2 Å². The average molecular weight is 525 g/mol. The molecule has 1 atom stereocenters. The Balaban J connectivity index is 1.70. The molecule has 2 N–H and O–H groups in total. The second kappa shape index (κ2) is 10.1. The van der Waals surface area contributed by atoms with Crippen molar-refractivity contribution in [3.63, 3.8) is 0 Å². The Morgan fingerprint density at radius 1 is 1.35 bits per heavy atom. The Bertz CT molecular complexity index is 1340. The van der Waals surface area contributed by atoms with Crippen molar-refractivity contribution in [1.82, 2.24) is 14.3 Å². The molecule has 13 heteroatoms. The summed E-state index contributed by atoms with van der Waals surface area (Å²) >= 11 is 6.42. The largest absolute Gasteiger partial charge is 0.394 e. The molecule has 0 spiro atoms. The zero-order chi connectivity index (χ0) is 24.5. The van der Waals surface area contributed by atoms with E-state index in [-0.39, 0.29) is 57.5 Å². The lowest BCUT2D eigenvalue weighted by molar-refractivity contribution is -0.123. The Hall–Kier alpha value is -2.32. The molecular weight excluding hydrogens is 500 g/mol. The molecule has 0 radical (unpaired) electrons. The maximum absolute atomic E-state index is 13.4. The van der Waals surface area contributed by atoms with E-state index >= 15 is 0 Å². The van der Waals surface area contributed by atoms with Crippen molar-refractivity contribution in [2.24, 2.45) is 0 Å². The molecule has 2 aliphatic heterocycles. The van der Waals surface area contributed by atoms with Gasteiger partial charge >= 0.3 is 0 Å².